The van der Waals surface area contributed by atoms with Gasteiger partial charge in [-0.3, -0.25) is 4.79 Å². The highest BCUT2D eigenvalue weighted by Crippen LogP contribution is 2.20. The second-order valence-electron chi connectivity index (χ2n) is 5.51. The van der Waals surface area contributed by atoms with Crippen LogP contribution in [0.15, 0.2) is 29.2 Å². The highest BCUT2D eigenvalue weighted by molar-refractivity contribution is 7.99. The van der Waals surface area contributed by atoms with Crippen LogP contribution in [0.1, 0.15) is 63.9 Å². The summed E-state index contributed by atoms with van der Waals surface area (Å²) in [6.45, 7) is 2.25. The molecule has 0 saturated carbocycles. The number of carboxylic acid groups (broad SMARTS) is 1. The second-order valence-corrected chi connectivity index (χ2v) is 6.68. The molecule has 0 aliphatic carbocycles. The Morgan fingerprint density at radius 3 is 2.24 bits per heavy atom. The maximum atomic E-state index is 10.5. The van der Waals surface area contributed by atoms with Gasteiger partial charge in [-0.2, -0.15) is 0 Å². The van der Waals surface area contributed by atoms with E-state index in [1.165, 1.54) is 55.4 Å². The number of thioether (sulfide) groups is 1. The molecule has 0 unspecified atom stereocenters. The van der Waals surface area contributed by atoms with Crippen molar-refractivity contribution in [3.05, 3.63) is 29.8 Å². The first-order valence-corrected chi connectivity index (χ1v) is 9.14. The van der Waals surface area contributed by atoms with Gasteiger partial charge < -0.3 is 5.11 Å². The normalized spacial score (nSPS) is 10.7. The molecule has 0 heterocycles. The van der Waals surface area contributed by atoms with Crippen LogP contribution in [0.2, 0.25) is 0 Å². The molecule has 0 fully saturated rings. The Morgan fingerprint density at radius 2 is 1.62 bits per heavy atom. The summed E-state index contributed by atoms with van der Waals surface area (Å²) >= 11 is 1.62. The zero-order valence-corrected chi connectivity index (χ0v) is 14.0. The van der Waals surface area contributed by atoms with Crippen LogP contribution in [0, 0.1) is 0 Å². The largest absolute Gasteiger partial charge is 0.481 e. The Morgan fingerprint density at radius 1 is 1.00 bits per heavy atom. The number of hydrogen-bond donors (Lipinski definition) is 1. The summed E-state index contributed by atoms with van der Waals surface area (Å²) in [5, 5.41) is 8.61. The molecule has 3 heteroatoms. The minimum atomic E-state index is -0.724. The van der Waals surface area contributed by atoms with Gasteiger partial charge in [-0.05, 0) is 30.5 Å². The Labute approximate surface area is 133 Å². The lowest BCUT2D eigenvalue weighted by Gasteiger charge is -2.04. The molecule has 21 heavy (non-hydrogen) atoms. The maximum absolute atomic E-state index is 10.5. The minimum Gasteiger partial charge on any atom is -0.481 e. The van der Waals surface area contributed by atoms with E-state index in [1.54, 1.807) is 11.8 Å². The van der Waals surface area contributed by atoms with Gasteiger partial charge in [0.1, 0.15) is 0 Å². The topological polar surface area (TPSA) is 37.3 Å². The Balaban J connectivity index is 2.12. The fraction of sp³-hybridized carbons (Fsp3) is 0.611. The van der Waals surface area contributed by atoms with E-state index in [9.17, 15) is 4.79 Å². The van der Waals surface area contributed by atoms with Crippen LogP contribution in [0.3, 0.4) is 0 Å². The Bertz CT molecular complexity index is 387. The number of aliphatic carboxylic acids is 1. The summed E-state index contributed by atoms with van der Waals surface area (Å²) in [6, 6.07) is 8.59. The molecule has 1 rings (SSSR count). The number of carboxylic acids is 1. The molecule has 0 saturated heterocycles. The van der Waals surface area contributed by atoms with E-state index in [0.717, 1.165) is 6.42 Å². The maximum Gasteiger partial charge on any atom is 0.304 e. The van der Waals surface area contributed by atoms with Gasteiger partial charge in [0.05, 0.1) is 6.42 Å². The first-order valence-electron chi connectivity index (χ1n) is 8.16. The van der Waals surface area contributed by atoms with Gasteiger partial charge in [0, 0.05) is 10.6 Å². The monoisotopic (exact) mass is 308 g/mol. The molecule has 118 valence electrons. The molecule has 0 spiro atoms. The molecule has 0 aromatic heterocycles. The van der Waals surface area contributed by atoms with Crippen molar-refractivity contribution in [2.75, 3.05) is 5.75 Å². The van der Waals surface area contributed by atoms with Gasteiger partial charge >= 0.3 is 5.97 Å². The summed E-state index contributed by atoms with van der Waals surface area (Å²) in [5.41, 5.74) is 1.39. The molecule has 0 amide bonds. The molecule has 0 aliphatic rings. The lowest BCUT2D eigenvalue weighted by atomic mass is 10.0. The average Bonchev–Trinajstić information content (AvgIpc) is 2.47. The van der Waals surface area contributed by atoms with Gasteiger partial charge in [-0.15, -0.1) is 11.8 Å². The summed E-state index contributed by atoms with van der Waals surface area (Å²) in [7, 11) is 0. The Hall–Kier alpha value is -0.960. The van der Waals surface area contributed by atoms with Crippen molar-refractivity contribution in [1.29, 1.82) is 0 Å². The van der Waals surface area contributed by atoms with Crippen molar-refractivity contribution in [3.8, 4) is 0 Å². The van der Waals surface area contributed by atoms with Crippen LogP contribution in [0.4, 0.5) is 0 Å². The van der Waals surface area contributed by atoms with Crippen molar-refractivity contribution < 1.29 is 9.90 Å². The molecule has 1 aromatic carbocycles. The summed E-state index contributed by atoms with van der Waals surface area (Å²) in [6.07, 6.45) is 10.8. The highest BCUT2D eigenvalue weighted by Gasteiger charge is 1.99. The number of aryl methyl sites for hydroxylation is 1. The van der Waals surface area contributed by atoms with Crippen LogP contribution in [-0.2, 0) is 11.2 Å². The van der Waals surface area contributed by atoms with Crippen molar-refractivity contribution >= 4 is 17.7 Å². The summed E-state index contributed by atoms with van der Waals surface area (Å²) in [5.74, 6) is -0.0787. The predicted octanol–water partition coefficient (Wildman–Crippen LogP) is 5.55. The van der Waals surface area contributed by atoms with Gasteiger partial charge in [-0.25, -0.2) is 0 Å². The zero-order chi connectivity index (χ0) is 15.3. The SMILES string of the molecule is CCCCCCCCCc1ccc(SCCC(=O)O)cc1. The number of benzene rings is 1. The van der Waals surface area contributed by atoms with E-state index in [2.05, 4.69) is 31.2 Å². The average molecular weight is 308 g/mol. The molecule has 1 N–H and O–H groups in total. The third-order valence-corrected chi connectivity index (χ3v) is 4.59. The summed E-state index contributed by atoms with van der Waals surface area (Å²) < 4.78 is 0. The van der Waals surface area contributed by atoms with Crippen molar-refractivity contribution in [2.24, 2.45) is 0 Å². The molecule has 0 radical (unpaired) electrons. The predicted molar refractivity (Wildman–Crippen MR) is 91.1 cm³/mol. The van der Waals surface area contributed by atoms with Crippen molar-refractivity contribution in [3.63, 3.8) is 0 Å². The smallest absolute Gasteiger partial charge is 0.304 e. The highest BCUT2D eigenvalue weighted by atomic mass is 32.2. The molecule has 2 nitrogen and oxygen atoms in total. The number of unbranched alkanes of at least 4 members (excludes halogenated alkanes) is 6. The van der Waals surface area contributed by atoms with Crippen molar-refractivity contribution in [2.45, 2.75) is 69.6 Å². The van der Waals surface area contributed by atoms with Gasteiger partial charge in [0.15, 0.2) is 0 Å². The number of carbonyl (C=O) groups is 1. The molecule has 0 atom stereocenters. The standard InChI is InChI=1S/C18H28O2S/c1-2-3-4-5-6-7-8-9-16-10-12-17(13-11-16)21-15-14-18(19)20/h10-13H,2-9,14-15H2,1H3,(H,19,20). The fourth-order valence-electron chi connectivity index (χ4n) is 2.29. The lowest BCUT2D eigenvalue weighted by Crippen LogP contribution is -1.95. The van der Waals surface area contributed by atoms with Gasteiger partial charge in [0.25, 0.3) is 0 Å². The molecule has 1 aromatic rings. The molecular formula is C18H28O2S. The van der Waals surface area contributed by atoms with Crippen LogP contribution in [0.5, 0.6) is 0 Å². The number of hydrogen-bond acceptors (Lipinski definition) is 2. The van der Waals surface area contributed by atoms with Gasteiger partial charge in [0.2, 0.25) is 0 Å². The number of rotatable bonds is 12. The molecule has 0 bridgehead atoms. The molecular weight excluding hydrogens is 280 g/mol. The van der Waals surface area contributed by atoms with Gasteiger partial charge in [-0.1, -0.05) is 57.6 Å². The second kappa shape index (κ2) is 11.7. The van der Waals surface area contributed by atoms with Crippen LogP contribution in [-0.4, -0.2) is 16.8 Å². The Kier molecular flexibility index (Phi) is 10.1. The van der Waals surface area contributed by atoms with Crippen LogP contribution < -0.4 is 0 Å². The minimum absolute atomic E-state index is 0.227. The fourth-order valence-corrected chi connectivity index (χ4v) is 3.14. The van der Waals surface area contributed by atoms with E-state index in [0.29, 0.717) is 5.75 Å². The third-order valence-electron chi connectivity index (χ3n) is 3.58. The first-order chi connectivity index (χ1) is 10.2. The summed E-state index contributed by atoms with van der Waals surface area (Å²) in [4.78, 5) is 11.6. The zero-order valence-electron chi connectivity index (χ0n) is 13.1. The first kappa shape index (κ1) is 18.1. The van der Waals surface area contributed by atoms with E-state index < -0.39 is 5.97 Å². The van der Waals surface area contributed by atoms with E-state index in [4.69, 9.17) is 5.11 Å². The van der Waals surface area contributed by atoms with E-state index >= 15 is 0 Å². The van der Waals surface area contributed by atoms with Crippen LogP contribution >= 0.6 is 11.8 Å². The quantitative estimate of drug-likeness (QED) is 0.406. The third kappa shape index (κ3) is 9.57. The van der Waals surface area contributed by atoms with E-state index in [-0.39, 0.29) is 6.42 Å². The molecule has 0 aliphatic heterocycles. The van der Waals surface area contributed by atoms with E-state index in [1.807, 2.05) is 0 Å². The van der Waals surface area contributed by atoms with Crippen molar-refractivity contribution in [1.82, 2.24) is 0 Å². The lowest BCUT2D eigenvalue weighted by molar-refractivity contribution is -0.136. The van der Waals surface area contributed by atoms with Crippen LogP contribution in [0.25, 0.3) is 0 Å².